The third kappa shape index (κ3) is 4.69. The Labute approximate surface area is 168 Å². The van der Waals surface area contributed by atoms with Crippen molar-refractivity contribution >= 4 is 29.1 Å². The van der Waals surface area contributed by atoms with Crippen LogP contribution in [-0.2, 0) is 13.2 Å². The van der Waals surface area contributed by atoms with Crippen molar-refractivity contribution < 1.29 is 9.90 Å². The van der Waals surface area contributed by atoms with Gasteiger partial charge in [-0.3, -0.25) is 4.79 Å². The molecule has 0 unspecified atom stereocenters. The normalized spacial score (nSPS) is 10.7. The SMILES string of the molecule is Cc1ccccc1-c1cc(CO)cc(C(=O)NCc2ccc(Cl)c(Cl)c2)c1. The zero-order chi connectivity index (χ0) is 19.4. The van der Waals surface area contributed by atoms with Crippen molar-refractivity contribution in [2.24, 2.45) is 0 Å². The van der Waals surface area contributed by atoms with Crippen LogP contribution >= 0.6 is 23.2 Å². The van der Waals surface area contributed by atoms with E-state index in [-0.39, 0.29) is 12.5 Å². The molecule has 2 N–H and O–H groups in total. The van der Waals surface area contributed by atoms with Gasteiger partial charge in [-0.2, -0.15) is 0 Å². The van der Waals surface area contributed by atoms with Crippen LogP contribution < -0.4 is 5.32 Å². The van der Waals surface area contributed by atoms with E-state index in [1.54, 1.807) is 18.2 Å². The van der Waals surface area contributed by atoms with Crippen molar-refractivity contribution in [1.82, 2.24) is 5.32 Å². The Kier molecular flexibility index (Phi) is 6.17. The fourth-order valence-electron chi connectivity index (χ4n) is 2.90. The van der Waals surface area contributed by atoms with Crippen LogP contribution in [-0.4, -0.2) is 11.0 Å². The van der Waals surface area contributed by atoms with Gasteiger partial charge in [0.05, 0.1) is 16.7 Å². The summed E-state index contributed by atoms with van der Waals surface area (Å²) in [5, 5.41) is 13.4. The lowest BCUT2D eigenvalue weighted by molar-refractivity contribution is 0.0950. The van der Waals surface area contributed by atoms with E-state index in [4.69, 9.17) is 23.2 Å². The van der Waals surface area contributed by atoms with Crippen LogP contribution in [0.2, 0.25) is 10.0 Å². The number of carbonyl (C=O) groups excluding carboxylic acids is 1. The smallest absolute Gasteiger partial charge is 0.251 e. The number of aliphatic hydroxyl groups is 1. The average Bonchev–Trinajstić information content (AvgIpc) is 2.68. The van der Waals surface area contributed by atoms with Gasteiger partial charge < -0.3 is 10.4 Å². The molecule has 0 radical (unpaired) electrons. The lowest BCUT2D eigenvalue weighted by atomic mass is 9.96. The first-order chi connectivity index (χ1) is 13.0. The summed E-state index contributed by atoms with van der Waals surface area (Å²) in [6.45, 7) is 2.22. The molecule has 3 nitrogen and oxygen atoms in total. The maximum Gasteiger partial charge on any atom is 0.251 e. The molecule has 0 aliphatic rings. The zero-order valence-corrected chi connectivity index (χ0v) is 16.3. The van der Waals surface area contributed by atoms with Gasteiger partial charge in [0.2, 0.25) is 0 Å². The number of aliphatic hydroxyl groups excluding tert-OH is 1. The Bertz CT molecular complexity index is 986. The Morgan fingerprint density at radius 2 is 1.74 bits per heavy atom. The summed E-state index contributed by atoms with van der Waals surface area (Å²) in [7, 11) is 0. The Hall–Kier alpha value is -2.33. The number of hydrogen-bond acceptors (Lipinski definition) is 2. The lowest BCUT2D eigenvalue weighted by Gasteiger charge is -2.12. The molecule has 0 saturated heterocycles. The van der Waals surface area contributed by atoms with Crippen LogP contribution in [0.25, 0.3) is 11.1 Å². The van der Waals surface area contributed by atoms with Crippen LogP contribution in [0.1, 0.15) is 27.0 Å². The lowest BCUT2D eigenvalue weighted by Crippen LogP contribution is -2.23. The molecular weight excluding hydrogens is 381 g/mol. The first kappa shape index (κ1) is 19.4. The Balaban J connectivity index is 1.84. The summed E-state index contributed by atoms with van der Waals surface area (Å²) >= 11 is 11.9. The van der Waals surface area contributed by atoms with Crippen LogP contribution in [0.5, 0.6) is 0 Å². The molecular formula is C22H19Cl2NO2. The molecule has 0 atom stereocenters. The van der Waals surface area contributed by atoms with Crippen molar-refractivity contribution in [1.29, 1.82) is 0 Å². The number of hydrogen-bond donors (Lipinski definition) is 2. The number of amides is 1. The van der Waals surface area contributed by atoms with Gasteiger partial charge in [-0.25, -0.2) is 0 Å². The predicted octanol–water partition coefficient (Wildman–Crippen LogP) is 5.39. The molecule has 0 saturated carbocycles. The van der Waals surface area contributed by atoms with E-state index in [0.717, 1.165) is 22.3 Å². The second-order valence-electron chi connectivity index (χ2n) is 6.32. The zero-order valence-electron chi connectivity index (χ0n) is 14.8. The first-order valence-corrected chi connectivity index (χ1v) is 9.26. The van der Waals surface area contributed by atoms with Gasteiger partial charge in [0.15, 0.2) is 0 Å². The molecule has 0 bridgehead atoms. The third-order valence-corrected chi connectivity index (χ3v) is 5.07. The molecule has 0 aliphatic carbocycles. The minimum absolute atomic E-state index is 0.132. The summed E-state index contributed by atoms with van der Waals surface area (Å²) in [6, 6.07) is 18.6. The van der Waals surface area contributed by atoms with Crippen molar-refractivity contribution in [3.05, 3.63) is 93.0 Å². The van der Waals surface area contributed by atoms with Crippen molar-refractivity contribution in [2.75, 3.05) is 0 Å². The number of aryl methyl sites for hydroxylation is 1. The maximum atomic E-state index is 12.7. The van der Waals surface area contributed by atoms with Crippen LogP contribution in [0.4, 0.5) is 0 Å². The second kappa shape index (κ2) is 8.57. The van der Waals surface area contributed by atoms with E-state index in [9.17, 15) is 9.90 Å². The highest BCUT2D eigenvalue weighted by Gasteiger charge is 2.11. The first-order valence-electron chi connectivity index (χ1n) is 8.51. The summed E-state index contributed by atoms with van der Waals surface area (Å²) in [5.74, 6) is -0.216. The van der Waals surface area contributed by atoms with E-state index < -0.39 is 0 Å². The standard InChI is InChI=1S/C22H19Cl2NO2/c1-14-4-2-3-5-19(14)17-8-16(13-26)9-18(11-17)22(27)25-12-15-6-7-20(23)21(24)10-15/h2-11,26H,12-13H2,1H3,(H,25,27). The van der Waals surface area contributed by atoms with Gasteiger partial charge in [-0.1, -0.05) is 53.5 Å². The fraction of sp³-hybridized carbons (Fsp3) is 0.136. The second-order valence-corrected chi connectivity index (χ2v) is 7.14. The number of halogens is 2. The molecule has 0 heterocycles. The van der Waals surface area contributed by atoms with Crippen LogP contribution in [0.15, 0.2) is 60.7 Å². The van der Waals surface area contributed by atoms with E-state index in [0.29, 0.717) is 27.7 Å². The van der Waals surface area contributed by atoms with E-state index in [1.165, 1.54) is 0 Å². The third-order valence-electron chi connectivity index (χ3n) is 4.33. The molecule has 5 heteroatoms. The summed E-state index contributed by atoms with van der Waals surface area (Å²) in [5.41, 5.74) is 5.09. The van der Waals surface area contributed by atoms with E-state index in [1.807, 2.05) is 49.4 Å². The molecule has 138 valence electrons. The molecule has 3 aromatic carbocycles. The average molecular weight is 400 g/mol. The van der Waals surface area contributed by atoms with Gasteiger partial charge in [-0.05, 0) is 65.1 Å². The fourth-order valence-corrected chi connectivity index (χ4v) is 3.22. The van der Waals surface area contributed by atoms with E-state index >= 15 is 0 Å². The molecule has 3 aromatic rings. The quantitative estimate of drug-likeness (QED) is 0.603. The molecule has 27 heavy (non-hydrogen) atoms. The van der Waals surface area contributed by atoms with Gasteiger partial charge >= 0.3 is 0 Å². The monoisotopic (exact) mass is 399 g/mol. The predicted molar refractivity (Wildman–Crippen MR) is 110 cm³/mol. The van der Waals surface area contributed by atoms with Crippen molar-refractivity contribution in [3.8, 4) is 11.1 Å². The molecule has 0 aromatic heterocycles. The minimum Gasteiger partial charge on any atom is -0.392 e. The molecule has 0 fully saturated rings. The topological polar surface area (TPSA) is 49.3 Å². The van der Waals surface area contributed by atoms with Gasteiger partial charge in [0.1, 0.15) is 0 Å². The van der Waals surface area contributed by atoms with Gasteiger partial charge in [-0.15, -0.1) is 0 Å². The maximum absolute atomic E-state index is 12.7. The minimum atomic E-state index is -0.216. The Morgan fingerprint density at radius 1 is 0.963 bits per heavy atom. The van der Waals surface area contributed by atoms with Crippen LogP contribution in [0.3, 0.4) is 0 Å². The molecule has 3 rings (SSSR count). The summed E-state index contributed by atoms with van der Waals surface area (Å²) in [4.78, 5) is 12.7. The molecule has 0 aliphatic heterocycles. The number of benzene rings is 3. The highest BCUT2D eigenvalue weighted by molar-refractivity contribution is 6.42. The molecule has 1 amide bonds. The van der Waals surface area contributed by atoms with Crippen molar-refractivity contribution in [2.45, 2.75) is 20.1 Å². The summed E-state index contributed by atoms with van der Waals surface area (Å²) < 4.78 is 0. The molecule has 0 spiro atoms. The van der Waals surface area contributed by atoms with Gasteiger partial charge in [0, 0.05) is 12.1 Å². The number of nitrogens with one attached hydrogen (secondary N) is 1. The summed E-state index contributed by atoms with van der Waals surface area (Å²) in [6.07, 6.45) is 0. The van der Waals surface area contributed by atoms with E-state index in [2.05, 4.69) is 5.32 Å². The van der Waals surface area contributed by atoms with Gasteiger partial charge in [0.25, 0.3) is 5.91 Å². The Morgan fingerprint density at radius 3 is 2.44 bits per heavy atom. The van der Waals surface area contributed by atoms with Crippen LogP contribution in [0, 0.1) is 6.92 Å². The van der Waals surface area contributed by atoms with Crippen molar-refractivity contribution in [3.63, 3.8) is 0 Å². The number of carbonyl (C=O) groups is 1. The highest BCUT2D eigenvalue weighted by atomic mass is 35.5. The largest absolute Gasteiger partial charge is 0.392 e. The highest BCUT2D eigenvalue weighted by Crippen LogP contribution is 2.26. The number of rotatable bonds is 5.